The minimum Gasteiger partial charge on any atom is -0.391 e. The van der Waals surface area contributed by atoms with Gasteiger partial charge in [-0.2, -0.15) is 0 Å². The number of anilines is 1. The van der Waals surface area contributed by atoms with Gasteiger partial charge in [-0.1, -0.05) is 6.07 Å². The third-order valence-corrected chi connectivity index (χ3v) is 2.96. The quantitative estimate of drug-likeness (QED) is 0.737. The SMILES string of the molecule is O=C(Nc1cccc(F)c1)C(=O)N1CCCC(O)C1. The molecule has 1 aromatic carbocycles. The number of nitrogens with one attached hydrogen (secondary N) is 1. The van der Waals surface area contributed by atoms with Gasteiger partial charge in [0.1, 0.15) is 5.82 Å². The highest BCUT2D eigenvalue weighted by Gasteiger charge is 2.26. The van der Waals surface area contributed by atoms with E-state index in [1.807, 2.05) is 0 Å². The summed E-state index contributed by atoms with van der Waals surface area (Å²) in [6, 6.07) is 5.33. The van der Waals surface area contributed by atoms with Gasteiger partial charge in [-0.15, -0.1) is 0 Å². The molecule has 1 heterocycles. The molecule has 1 aliphatic rings. The maximum atomic E-state index is 12.9. The van der Waals surface area contributed by atoms with Gasteiger partial charge in [-0.25, -0.2) is 4.39 Å². The van der Waals surface area contributed by atoms with Gasteiger partial charge in [0.15, 0.2) is 0 Å². The number of piperidine rings is 1. The van der Waals surface area contributed by atoms with Crippen LogP contribution in [0.15, 0.2) is 24.3 Å². The fraction of sp³-hybridized carbons (Fsp3) is 0.385. The number of benzene rings is 1. The summed E-state index contributed by atoms with van der Waals surface area (Å²) >= 11 is 0. The van der Waals surface area contributed by atoms with Gasteiger partial charge < -0.3 is 15.3 Å². The molecular formula is C13H15FN2O3. The Balaban J connectivity index is 1.97. The highest BCUT2D eigenvalue weighted by molar-refractivity contribution is 6.39. The lowest BCUT2D eigenvalue weighted by molar-refractivity contribution is -0.145. The predicted octanol–water partition coefficient (Wildman–Crippen LogP) is 0.747. The molecule has 1 saturated heterocycles. The molecule has 1 aromatic rings. The van der Waals surface area contributed by atoms with Crippen molar-refractivity contribution in [3.63, 3.8) is 0 Å². The van der Waals surface area contributed by atoms with Crippen molar-refractivity contribution in [2.45, 2.75) is 18.9 Å². The number of hydrogen-bond acceptors (Lipinski definition) is 3. The van der Waals surface area contributed by atoms with E-state index < -0.39 is 23.7 Å². The van der Waals surface area contributed by atoms with E-state index in [-0.39, 0.29) is 12.2 Å². The molecule has 19 heavy (non-hydrogen) atoms. The molecule has 5 nitrogen and oxygen atoms in total. The Kier molecular flexibility index (Phi) is 4.11. The Morgan fingerprint density at radius 3 is 2.89 bits per heavy atom. The number of amides is 2. The fourth-order valence-corrected chi connectivity index (χ4v) is 2.03. The molecule has 2 rings (SSSR count). The summed E-state index contributed by atoms with van der Waals surface area (Å²) in [7, 11) is 0. The van der Waals surface area contributed by atoms with Gasteiger partial charge in [0, 0.05) is 18.8 Å². The molecule has 0 saturated carbocycles. The molecule has 0 aliphatic carbocycles. The Morgan fingerprint density at radius 2 is 2.21 bits per heavy atom. The molecule has 1 atom stereocenters. The summed E-state index contributed by atoms with van der Waals surface area (Å²) in [6.07, 6.45) is 0.717. The van der Waals surface area contributed by atoms with Crippen molar-refractivity contribution in [1.29, 1.82) is 0 Å². The third kappa shape index (κ3) is 3.51. The predicted molar refractivity (Wildman–Crippen MR) is 66.9 cm³/mol. The third-order valence-electron chi connectivity index (χ3n) is 2.96. The second kappa shape index (κ2) is 5.79. The van der Waals surface area contributed by atoms with E-state index in [9.17, 15) is 19.1 Å². The number of rotatable bonds is 1. The molecule has 1 unspecified atom stereocenters. The normalized spacial score (nSPS) is 19.1. The summed E-state index contributed by atoms with van der Waals surface area (Å²) in [5.41, 5.74) is 0.232. The standard InChI is InChI=1S/C13H15FN2O3/c14-9-3-1-4-10(7-9)15-12(18)13(19)16-6-2-5-11(17)8-16/h1,3-4,7,11,17H,2,5-6,8H2,(H,15,18). The Morgan fingerprint density at radius 1 is 1.42 bits per heavy atom. The second-order valence-corrected chi connectivity index (χ2v) is 4.51. The minimum absolute atomic E-state index is 0.162. The first kappa shape index (κ1) is 13.5. The minimum atomic E-state index is -0.820. The molecule has 0 aromatic heterocycles. The topological polar surface area (TPSA) is 69.6 Å². The number of halogens is 1. The first-order valence-electron chi connectivity index (χ1n) is 6.10. The maximum Gasteiger partial charge on any atom is 0.313 e. The highest BCUT2D eigenvalue weighted by atomic mass is 19.1. The molecule has 0 spiro atoms. The monoisotopic (exact) mass is 266 g/mol. The number of carbonyl (C=O) groups excluding carboxylic acids is 2. The Hall–Kier alpha value is -1.95. The van der Waals surface area contributed by atoms with Gasteiger partial charge in [0.25, 0.3) is 0 Å². The lowest BCUT2D eigenvalue weighted by Crippen LogP contribution is -2.46. The van der Waals surface area contributed by atoms with E-state index in [0.29, 0.717) is 19.4 Å². The molecule has 6 heteroatoms. The average Bonchev–Trinajstić information content (AvgIpc) is 2.38. The number of aliphatic hydroxyl groups is 1. The Labute approximate surface area is 110 Å². The number of likely N-dealkylation sites (tertiary alicyclic amines) is 1. The van der Waals surface area contributed by atoms with E-state index >= 15 is 0 Å². The van der Waals surface area contributed by atoms with E-state index in [4.69, 9.17) is 0 Å². The molecule has 0 bridgehead atoms. The second-order valence-electron chi connectivity index (χ2n) is 4.51. The lowest BCUT2D eigenvalue weighted by atomic mass is 10.1. The van der Waals surface area contributed by atoms with Gasteiger partial charge >= 0.3 is 11.8 Å². The van der Waals surface area contributed by atoms with Crippen LogP contribution in [0.1, 0.15) is 12.8 Å². The van der Waals surface area contributed by atoms with Crippen molar-refractivity contribution in [2.24, 2.45) is 0 Å². The molecule has 0 radical (unpaired) electrons. The zero-order valence-electron chi connectivity index (χ0n) is 10.3. The van der Waals surface area contributed by atoms with Crippen molar-refractivity contribution in [2.75, 3.05) is 18.4 Å². The number of hydrogen-bond donors (Lipinski definition) is 2. The van der Waals surface area contributed by atoms with Crippen LogP contribution >= 0.6 is 0 Å². The summed E-state index contributed by atoms with van der Waals surface area (Å²) < 4.78 is 12.9. The lowest BCUT2D eigenvalue weighted by Gasteiger charge is -2.29. The molecule has 2 amide bonds. The highest BCUT2D eigenvalue weighted by Crippen LogP contribution is 2.12. The van der Waals surface area contributed by atoms with Crippen molar-refractivity contribution < 1.29 is 19.1 Å². The molecule has 2 N–H and O–H groups in total. The van der Waals surface area contributed by atoms with Crippen molar-refractivity contribution in [3.05, 3.63) is 30.1 Å². The van der Waals surface area contributed by atoms with E-state index in [2.05, 4.69) is 5.32 Å². The molecule has 102 valence electrons. The van der Waals surface area contributed by atoms with Crippen LogP contribution in [0.5, 0.6) is 0 Å². The van der Waals surface area contributed by atoms with Crippen LogP contribution in [0.2, 0.25) is 0 Å². The van der Waals surface area contributed by atoms with Crippen LogP contribution in [-0.2, 0) is 9.59 Å². The number of nitrogens with zero attached hydrogens (tertiary/aromatic N) is 1. The van der Waals surface area contributed by atoms with E-state index in [1.54, 1.807) is 0 Å². The maximum absolute atomic E-state index is 12.9. The van der Waals surface area contributed by atoms with Crippen molar-refractivity contribution in [3.8, 4) is 0 Å². The first-order valence-corrected chi connectivity index (χ1v) is 6.10. The van der Waals surface area contributed by atoms with Gasteiger partial charge in [-0.05, 0) is 31.0 Å². The molecule has 1 aliphatic heterocycles. The van der Waals surface area contributed by atoms with Crippen LogP contribution < -0.4 is 5.32 Å². The number of carbonyl (C=O) groups is 2. The molecule has 1 fully saturated rings. The molecular weight excluding hydrogens is 251 g/mol. The summed E-state index contributed by atoms with van der Waals surface area (Å²) in [6.45, 7) is 0.613. The smallest absolute Gasteiger partial charge is 0.313 e. The Bertz CT molecular complexity index is 493. The van der Waals surface area contributed by atoms with Crippen LogP contribution in [0.4, 0.5) is 10.1 Å². The fourth-order valence-electron chi connectivity index (χ4n) is 2.03. The largest absolute Gasteiger partial charge is 0.391 e. The van der Waals surface area contributed by atoms with Crippen LogP contribution in [0.25, 0.3) is 0 Å². The van der Waals surface area contributed by atoms with E-state index in [1.165, 1.54) is 23.1 Å². The summed E-state index contributed by atoms with van der Waals surface area (Å²) in [4.78, 5) is 24.9. The number of β-amino-alcohol motifs (C(OH)–C–C–N with tert-alkyl or cyclic N) is 1. The van der Waals surface area contributed by atoms with Crippen molar-refractivity contribution in [1.82, 2.24) is 4.90 Å². The van der Waals surface area contributed by atoms with Crippen molar-refractivity contribution >= 4 is 17.5 Å². The van der Waals surface area contributed by atoms with Crippen LogP contribution in [-0.4, -0.2) is 41.0 Å². The van der Waals surface area contributed by atoms with Gasteiger partial charge in [0.2, 0.25) is 0 Å². The van der Waals surface area contributed by atoms with Gasteiger partial charge in [0.05, 0.1) is 6.10 Å². The summed E-state index contributed by atoms with van der Waals surface area (Å²) in [5, 5.41) is 11.8. The summed E-state index contributed by atoms with van der Waals surface area (Å²) in [5.74, 6) is -2.01. The zero-order valence-corrected chi connectivity index (χ0v) is 10.3. The zero-order chi connectivity index (χ0) is 13.8. The van der Waals surface area contributed by atoms with Crippen LogP contribution in [0.3, 0.4) is 0 Å². The number of aliphatic hydroxyl groups excluding tert-OH is 1. The van der Waals surface area contributed by atoms with Crippen LogP contribution in [0, 0.1) is 5.82 Å². The van der Waals surface area contributed by atoms with E-state index in [0.717, 1.165) is 6.07 Å². The first-order chi connectivity index (χ1) is 9.06. The van der Waals surface area contributed by atoms with Gasteiger partial charge in [-0.3, -0.25) is 9.59 Å². The average molecular weight is 266 g/mol.